The van der Waals surface area contributed by atoms with Crippen LogP contribution in [0, 0.1) is 19.7 Å². The third-order valence-corrected chi connectivity index (χ3v) is 6.28. The van der Waals surface area contributed by atoms with E-state index in [9.17, 15) is 14.0 Å². The zero-order valence-electron chi connectivity index (χ0n) is 20.6. The second-order valence-corrected chi connectivity index (χ2v) is 9.14. The first-order valence-corrected chi connectivity index (χ1v) is 12.2. The maximum absolute atomic E-state index is 14.3. The molecule has 0 radical (unpaired) electrons. The SMILES string of the molecule is Cc1ccc(-c2nnn(CC(=O)N(c3cccc(F)c3)[C@H](C(=O)NC3CCCC3)c3ccc(C)o3)n2)o1. The van der Waals surface area contributed by atoms with Gasteiger partial charge in [-0.15, -0.1) is 10.2 Å². The average Bonchev–Trinajstić information content (AvgIpc) is 3.66. The fraction of sp³-hybridized carbons (Fsp3) is 0.346. The van der Waals surface area contributed by atoms with Gasteiger partial charge < -0.3 is 14.2 Å². The number of aryl methyl sites for hydroxylation is 2. The molecule has 1 aliphatic carbocycles. The maximum Gasteiger partial charge on any atom is 0.251 e. The molecule has 1 fully saturated rings. The Labute approximate surface area is 212 Å². The molecule has 1 N–H and O–H groups in total. The minimum Gasteiger partial charge on any atom is -0.464 e. The van der Waals surface area contributed by atoms with Gasteiger partial charge in [-0.1, -0.05) is 18.9 Å². The smallest absolute Gasteiger partial charge is 0.251 e. The molecule has 1 aliphatic rings. The first-order valence-electron chi connectivity index (χ1n) is 12.2. The van der Waals surface area contributed by atoms with E-state index in [-0.39, 0.29) is 29.9 Å². The third-order valence-electron chi connectivity index (χ3n) is 6.28. The number of rotatable bonds is 8. The van der Waals surface area contributed by atoms with Gasteiger partial charge in [0.05, 0.1) is 0 Å². The zero-order valence-corrected chi connectivity index (χ0v) is 20.6. The third kappa shape index (κ3) is 5.45. The van der Waals surface area contributed by atoms with Gasteiger partial charge >= 0.3 is 0 Å². The molecule has 0 bridgehead atoms. The molecule has 11 heteroatoms. The summed E-state index contributed by atoms with van der Waals surface area (Å²) in [6.07, 6.45) is 3.78. The van der Waals surface area contributed by atoms with Crippen LogP contribution in [0.2, 0.25) is 0 Å². The number of hydrogen-bond acceptors (Lipinski definition) is 7. The fourth-order valence-corrected chi connectivity index (χ4v) is 4.55. The van der Waals surface area contributed by atoms with Crippen molar-refractivity contribution in [2.75, 3.05) is 4.90 Å². The minimum atomic E-state index is -1.17. The van der Waals surface area contributed by atoms with Crippen molar-refractivity contribution in [1.29, 1.82) is 0 Å². The highest BCUT2D eigenvalue weighted by Gasteiger charge is 2.37. The van der Waals surface area contributed by atoms with E-state index < -0.39 is 23.7 Å². The summed E-state index contributed by atoms with van der Waals surface area (Å²) in [5.41, 5.74) is 0.202. The number of halogens is 1. The Kier molecular flexibility index (Phi) is 6.85. The van der Waals surface area contributed by atoms with E-state index in [1.807, 2.05) is 0 Å². The number of nitrogens with one attached hydrogen (secondary N) is 1. The Morgan fingerprint density at radius 3 is 2.54 bits per heavy atom. The first-order chi connectivity index (χ1) is 17.9. The molecule has 10 nitrogen and oxygen atoms in total. The van der Waals surface area contributed by atoms with Crippen LogP contribution in [0.1, 0.15) is 49.0 Å². The van der Waals surface area contributed by atoms with Crippen molar-refractivity contribution in [3.8, 4) is 11.6 Å². The van der Waals surface area contributed by atoms with E-state index in [0.29, 0.717) is 17.3 Å². The highest BCUT2D eigenvalue weighted by Crippen LogP contribution is 2.31. The van der Waals surface area contributed by atoms with Crippen molar-refractivity contribution in [1.82, 2.24) is 25.5 Å². The summed E-state index contributed by atoms with van der Waals surface area (Å²) in [5.74, 6) is 0.664. The number of hydrogen-bond donors (Lipinski definition) is 1. The number of furan rings is 2. The summed E-state index contributed by atoms with van der Waals surface area (Å²) < 4.78 is 25.6. The first kappa shape index (κ1) is 24.4. The number of tetrazole rings is 1. The molecule has 4 aromatic rings. The minimum absolute atomic E-state index is 0.00631. The Balaban J connectivity index is 1.49. The lowest BCUT2D eigenvalue weighted by Gasteiger charge is -2.30. The normalized spacial score (nSPS) is 14.6. The van der Waals surface area contributed by atoms with Crippen molar-refractivity contribution in [3.63, 3.8) is 0 Å². The topological polar surface area (TPSA) is 119 Å². The number of amides is 2. The van der Waals surface area contributed by atoms with Crippen molar-refractivity contribution in [2.45, 2.75) is 58.2 Å². The van der Waals surface area contributed by atoms with Gasteiger partial charge in [0.1, 0.15) is 29.6 Å². The van der Waals surface area contributed by atoms with Crippen LogP contribution in [0.5, 0.6) is 0 Å². The van der Waals surface area contributed by atoms with Crippen LogP contribution >= 0.6 is 0 Å². The molecule has 3 aromatic heterocycles. The monoisotopic (exact) mass is 506 g/mol. The van der Waals surface area contributed by atoms with Gasteiger partial charge in [-0.25, -0.2) is 4.39 Å². The molecule has 0 unspecified atom stereocenters. The molecule has 2 amide bonds. The quantitative estimate of drug-likeness (QED) is 0.382. The summed E-state index contributed by atoms with van der Waals surface area (Å²) in [6, 6.07) is 11.2. The predicted molar refractivity (Wildman–Crippen MR) is 131 cm³/mol. The lowest BCUT2D eigenvalue weighted by molar-refractivity contribution is -0.128. The summed E-state index contributed by atoms with van der Waals surface area (Å²) in [4.78, 5) is 29.7. The molecule has 5 rings (SSSR count). The van der Waals surface area contributed by atoms with E-state index in [0.717, 1.165) is 30.5 Å². The summed E-state index contributed by atoms with van der Waals surface area (Å²) >= 11 is 0. The van der Waals surface area contributed by atoms with Crippen LogP contribution in [0.25, 0.3) is 11.6 Å². The molecule has 0 spiro atoms. The number of benzene rings is 1. The Morgan fingerprint density at radius 2 is 1.86 bits per heavy atom. The van der Waals surface area contributed by atoms with E-state index in [2.05, 4.69) is 20.7 Å². The molecule has 37 heavy (non-hydrogen) atoms. The van der Waals surface area contributed by atoms with E-state index in [1.54, 1.807) is 44.2 Å². The number of carbonyl (C=O) groups is 2. The fourth-order valence-electron chi connectivity index (χ4n) is 4.55. The average molecular weight is 507 g/mol. The van der Waals surface area contributed by atoms with Gasteiger partial charge in [0.15, 0.2) is 11.8 Å². The maximum atomic E-state index is 14.3. The van der Waals surface area contributed by atoms with Crippen LogP contribution in [-0.4, -0.2) is 38.1 Å². The van der Waals surface area contributed by atoms with Gasteiger partial charge in [-0.3, -0.25) is 14.5 Å². The lowest BCUT2D eigenvalue weighted by atomic mass is 10.1. The number of aromatic nitrogens is 4. The second kappa shape index (κ2) is 10.4. The largest absolute Gasteiger partial charge is 0.464 e. The standard InChI is InChI=1S/C26H27FN6O4/c1-16-10-12-21(36-16)24(26(35)28-19-7-3-4-8-19)33(20-9-5-6-18(27)14-20)23(34)15-32-30-25(29-31-32)22-13-11-17(2)37-22/h5-6,9-14,19,24H,3-4,7-8,15H2,1-2H3,(H,28,35)/t24-/m0/s1. The molecule has 3 heterocycles. The number of carbonyl (C=O) groups excluding carboxylic acids is 2. The van der Waals surface area contributed by atoms with Gasteiger partial charge in [-0.05, 0) is 74.4 Å². The van der Waals surface area contributed by atoms with Crippen LogP contribution in [-0.2, 0) is 16.1 Å². The van der Waals surface area contributed by atoms with Gasteiger partial charge in [-0.2, -0.15) is 4.80 Å². The highest BCUT2D eigenvalue weighted by atomic mass is 19.1. The van der Waals surface area contributed by atoms with Crippen molar-refractivity contribution in [2.24, 2.45) is 0 Å². The summed E-state index contributed by atoms with van der Waals surface area (Å²) in [7, 11) is 0. The van der Waals surface area contributed by atoms with Crippen LogP contribution in [0.3, 0.4) is 0 Å². The lowest BCUT2D eigenvalue weighted by Crippen LogP contribution is -2.47. The molecular weight excluding hydrogens is 479 g/mol. The summed E-state index contributed by atoms with van der Waals surface area (Å²) in [6.45, 7) is 3.19. The molecule has 1 aromatic carbocycles. The Morgan fingerprint density at radius 1 is 1.11 bits per heavy atom. The Bertz CT molecular complexity index is 1400. The van der Waals surface area contributed by atoms with Crippen LogP contribution < -0.4 is 10.2 Å². The predicted octanol–water partition coefficient (Wildman–Crippen LogP) is 4.12. The molecule has 0 aliphatic heterocycles. The second-order valence-electron chi connectivity index (χ2n) is 9.14. The molecule has 1 atom stereocenters. The highest BCUT2D eigenvalue weighted by molar-refractivity contribution is 6.01. The van der Waals surface area contributed by atoms with Crippen molar-refractivity contribution in [3.05, 3.63) is 71.6 Å². The zero-order chi connectivity index (χ0) is 25.9. The van der Waals surface area contributed by atoms with E-state index in [4.69, 9.17) is 8.83 Å². The molecule has 1 saturated carbocycles. The van der Waals surface area contributed by atoms with Crippen molar-refractivity contribution < 1.29 is 22.8 Å². The van der Waals surface area contributed by atoms with Crippen LogP contribution in [0.4, 0.5) is 10.1 Å². The van der Waals surface area contributed by atoms with E-state index in [1.165, 1.54) is 23.1 Å². The number of nitrogens with zero attached hydrogens (tertiary/aromatic N) is 5. The van der Waals surface area contributed by atoms with Crippen molar-refractivity contribution >= 4 is 17.5 Å². The molecular formula is C26H27FN6O4. The van der Waals surface area contributed by atoms with Crippen LogP contribution in [0.15, 0.2) is 57.4 Å². The van der Waals surface area contributed by atoms with Gasteiger partial charge in [0.25, 0.3) is 11.8 Å². The molecule has 0 saturated heterocycles. The van der Waals surface area contributed by atoms with E-state index >= 15 is 0 Å². The summed E-state index contributed by atoms with van der Waals surface area (Å²) in [5, 5.41) is 15.2. The molecule has 192 valence electrons. The van der Waals surface area contributed by atoms with Gasteiger partial charge in [0.2, 0.25) is 5.82 Å². The number of anilines is 1. The Hall–Kier alpha value is -4.28. The van der Waals surface area contributed by atoms with Gasteiger partial charge in [0, 0.05) is 11.7 Å².